The van der Waals surface area contributed by atoms with Gasteiger partial charge in [0, 0.05) is 5.56 Å². The van der Waals surface area contributed by atoms with Gasteiger partial charge in [-0.05, 0) is 42.5 Å². The highest BCUT2D eigenvalue weighted by atomic mass is 32.1. The summed E-state index contributed by atoms with van der Waals surface area (Å²) in [6.07, 6.45) is 0.994. The molecule has 1 aromatic heterocycles. The number of thiophene rings is 1. The molecule has 25 heavy (non-hydrogen) atoms. The molecule has 2 heterocycles. The molecule has 3 aromatic rings. The van der Waals surface area contributed by atoms with Gasteiger partial charge in [-0.1, -0.05) is 48.9 Å². The van der Waals surface area contributed by atoms with E-state index < -0.39 is 0 Å². The summed E-state index contributed by atoms with van der Waals surface area (Å²) in [6.45, 7) is 4.25. The van der Waals surface area contributed by atoms with E-state index in [0.29, 0.717) is 0 Å². The Morgan fingerprint density at radius 3 is 2.56 bits per heavy atom. The first kappa shape index (κ1) is 15.8. The van der Waals surface area contributed by atoms with Crippen LogP contribution in [0.3, 0.4) is 0 Å². The third kappa shape index (κ3) is 3.26. The van der Waals surface area contributed by atoms with Crippen LogP contribution in [0.4, 0.5) is 11.4 Å². The Hall–Kier alpha value is -2.72. The van der Waals surface area contributed by atoms with Crippen LogP contribution in [0.2, 0.25) is 0 Å². The SMILES string of the molecule is CCc1ccc2c(c1)NC(c1ccc(C)cc1)=NC(c1cccs1)=N2. The van der Waals surface area contributed by atoms with E-state index in [-0.39, 0.29) is 0 Å². The summed E-state index contributed by atoms with van der Waals surface area (Å²) in [5, 5.41) is 5.56. The van der Waals surface area contributed by atoms with Crippen molar-refractivity contribution in [2.45, 2.75) is 20.3 Å². The Morgan fingerprint density at radius 2 is 1.84 bits per heavy atom. The average Bonchev–Trinajstić information content (AvgIpc) is 3.10. The number of anilines is 1. The molecule has 4 rings (SSSR count). The molecule has 0 bridgehead atoms. The highest BCUT2D eigenvalue weighted by Gasteiger charge is 2.16. The molecular weight excluding hydrogens is 326 g/mol. The Bertz CT molecular complexity index is 951. The Balaban J connectivity index is 1.86. The number of fused-ring (bicyclic) bond motifs is 1. The van der Waals surface area contributed by atoms with Crippen molar-refractivity contribution in [2.75, 3.05) is 5.32 Å². The minimum atomic E-state index is 0.751. The summed E-state index contributed by atoms with van der Waals surface area (Å²) in [7, 11) is 0. The van der Waals surface area contributed by atoms with Gasteiger partial charge in [0.05, 0.1) is 16.3 Å². The molecular formula is C21H19N3S. The third-order valence-corrected chi connectivity index (χ3v) is 5.10. The molecule has 2 aromatic carbocycles. The van der Waals surface area contributed by atoms with Crippen molar-refractivity contribution in [3.63, 3.8) is 0 Å². The van der Waals surface area contributed by atoms with Gasteiger partial charge in [-0.3, -0.25) is 0 Å². The predicted octanol–water partition coefficient (Wildman–Crippen LogP) is 5.57. The zero-order valence-electron chi connectivity index (χ0n) is 14.3. The van der Waals surface area contributed by atoms with Crippen LogP contribution in [0.5, 0.6) is 0 Å². The molecule has 0 saturated heterocycles. The molecule has 1 N–H and O–H groups in total. The number of nitrogens with one attached hydrogen (secondary N) is 1. The Kier molecular flexibility index (Phi) is 4.20. The smallest absolute Gasteiger partial charge is 0.172 e. The second-order valence-electron chi connectivity index (χ2n) is 6.07. The molecule has 0 unspecified atom stereocenters. The zero-order valence-corrected chi connectivity index (χ0v) is 15.1. The van der Waals surface area contributed by atoms with E-state index >= 15 is 0 Å². The maximum atomic E-state index is 4.85. The van der Waals surface area contributed by atoms with Gasteiger partial charge < -0.3 is 5.32 Å². The largest absolute Gasteiger partial charge is 0.338 e. The number of rotatable bonds is 3. The second kappa shape index (κ2) is 6.65. The van der Waals surface area contributed by atoms with Gasteiger partial charge in [0.2, 0.25) is 0 Å². The summed E-state index contributed by atoms with van der Waals surface area (Å²) in [5.74, 6) is 1.58. The zero-order chi connectivity index (χ0) is 17.2. The lowest BCUT2D eigenvalue weighted by Crippen LogP contribution is -2.14. The molecule has 4 heteroatoms. The van der Waals surface area contributed by atoms with Crippen molar-refractivity contribution in [3.8, 4) is 0 Å². The van der Waals surface area contributed by atoms with E-state index in [1.807, 2.05) is 6.07 Å². The van der Waals surface area contributed by atoms with E-state index in [9.17, 15) is 0 Å². The molecule has 0 aliphatic carbocycles. The minimum absolute atomic E-state index is 0.751. The molecule has 0 spiro atoms. The van der Waals surface area contributed by atoms with E-state index in [0.717, 1.165) is 39.9 Å². The molecule has 1 aliphatic rings. The lowest BCUT2D eigenvalue weighted by Gasteiger charge is -2.11. The molecule has 3 nitrogen and oxygen atoms in total. The van der Waals surface area contributed by atoms with Crippen LogP contribution in [-0.2, 0) is 6.42 Å². The lowest BCUT2D eigenvalue weighted by atomic mass is 10.1. The van der Waals surface area contributed by atoms with E-state index in [4.69, 9.17) is 9.98 Å². The number of aryl methyl sites for hydroxylation is 2. The van der Waals surface area contributed by atoms with E-state index in [1.165, 1.54) is 11.1 Å². The molecule has 0 radical (unpaired) electrons. The minimum Gasteiger partial charge on any atom is -0.338 e. The van der Waals surface area contributed by atoms with Gasteiger partial charge in [-0.2, -0.15) is 0 Å². The molecule has 124 valence electrons. The monoisotopic (exact) mass is 345 g/mol. The van der Waals surface area contributed by atoms with Crippen LogP contribution >= 0.6 is 11.3 Å². The first-order valence-electron chi connectivity index (χ1n) is 8.41. The fourth-order valence-corrected chi connectivity index (χ4v) is 3.42. The quantitative estimate of drug-likeness (QED) is 0.662. The maximum absolute atomic E-state index is 4.85. The third-order valence-electron chi connectivity index (χ3n) is 4.23. The van der Waals surface area contributed by atoms with Crippen molar-refractivity contribution < 1.29 is 0 Å². The predicted molar refractivity (Wildman–Crippen MR) is 108 cm³/mol. The summed E-state index contributed by atoms with van der Waals surface area (Å²) >= 11 is 1.66. The summed E-state index contributed by atoms with van der Waals surface area (Å²) in [4.78, 5) is 10.7. The van der Waals surface area contributed by atoms with Gasteiger partial charge in [0.15, 0.2) is 5.84 Å². The van der Waals surface area contributed by atoms with Gasteiger partial charge in [0.1, 0.15) is 5.84 Å². The van der Waals surface area contributed by atoms with Crippen molar-refractivity contribution in [3.05, 3.63) is 81.5 Å². The summed E-state index contributed by atoms with van der Waals surface area (Å²) < 4.78 is 0. The lowest BCUT2D eigenvalue weighted by molar-refractivity contribution is 1.14. The van der Waals surface area contributed by atoms with Gasteiger partial charge in [-0.15, -0.1) is 11.3 Å². The van der Waals surface area contributed by atoms with Crippen molar-refractivity contribution in [1.29, 1.82) is 0 Å². The first-order valence-corrected chi connectivity index (χ1v) is 9.29. The van der Waals surface area contributed by atoms with Crippen molar-refractivity contribution >= 4 is 34.4 Å². The second-order valence-corrected chi connectivity index (χ2v) is 7.02. The topological polar surface area (TPSA) is 36.8 Å². The van der Waals surface area contributed by atoms with Crippen molar-refractivity contribution in [2.24, 2.45) is 9.98 Å². The van der Waals surface area contributed by atoms with E-state index in [2.05, 4.69) is 73.1 Å². The normalized spacial score (nSPS) is 13.4. The fraction of sp³-hybridized carbons (Fsp3) is 0.143. The maximum Gasteiger partial charge on any atom is 0.172 e. The van der Waals surface area contributed by atoms with Crippen LogP contribution in [-0.4, -0.2) is 11.7 Å². The van der Waals surface area contributed by atoms with Gasteiger partial charge >= 0.3 is 0 Å². The number of hydrogen-bond donors (Lipinski definition) is 1. The standard InChI is InChI=1S/C21H19N3S/c1-3-15-8-11-17-18(13-15)23-20(16-9-6-14(2)7-10-16)24-21(22-17)19-5-4-12-25-19/h4-13H,3H2,1-2H3,(H,22,23,24). The van der Waals surface area contributed by atoms with Gasteiger partial charge in [0.25, 0.3) is 0 Å². The molecule has 0 atom stereocenters. The number of hydrogen-bond acceptors (Lipinski definition) is 4. The first-order chi connectivity index (χ1) is 12.2. The molecule has 1 aliphatic heterocycles. The Morgan fingerprint density at radius 1 is 1.00 bits per heavy atom. The van der Waals surface area contributed by atoms with Gasteiger partial charge in [-0.25, -0.2) is 9.98 Å². The van der Waals surface area contributed by atoms with Crippen LogP contribution in [0.1, 0.15) is 28.5 Å². The fourth-order valence-electron chi connectivity index (χ4n) is 2.77. The van der Waals surface area contributed by atoms with E-state index in [1.54, 1.807) is 11.3 Å². The van der Waals surface area contributed by atoms with Crippen molar-refractivity contribution in [1.82, 2.24) is 0 Å². The number of benzene rings is 2. The average molecular weight is 345 g/mol. The highest BCUT2D eigenvalue weighted by molar-refractivity contribution is 7.12. The number of nitrogens with zero attached hydrogens (tertiary/aromatic N) is 2. The van der Waals surface area contributed by atoms with Crippen LogP contribution in [0.15, 0.2) is 70.0 Å². The number of amidine groups is 2. The molecule has 0 saturated carbocycles. The Labute approximate surface area is 151 Å². The summed E-state index contributed by atoms with van der Waals surface area (Å²) in [6, 6.07) is 18.9. The molecule has 0 fully saturated rings. The number of aliphatic imine (C=N–C) groups is 2. The van der Waals surface area contributed by atoms with Crippen LogP contribution < -0.4 is 5.32 Å². The van der Waals surface area contributed by atoms with Crippen LogP contribution in [0, 0.1) is 6.92 Å². The van der Waals surface area contributed by atoms with Crippen LogP contribution in [0.25, 0.3) is 0 Å². The molecule has 0 amide bonds. The summed E-state index contributed by atoms with van der Waals surface area (Å²) in [5.41, 5.74) is 5.50. The highest BCUT2D eigenvalue weighted by Crippen LogP contribution is 2.31.